The number of halogens is 1. The molecular formula is C17H10FN3O4S2. The van der Waals surface area contributed by atoms with Crippen LogP contribution in [0.2, 0.25) is 0 Å². The Morgan fingerprint density at radius 2 is 1.96 bits per heavy atom. The summed E-state index contributed by atoms with van der Waals surface area (Å²) in [6, 6.07) is 10.6. The van der Waals surface area contributed by atoms with Crippen LogP contribution in [0.25, 0.3) is 6.08 Å². The van der Waals surface area contributed by atoms with Crippen LogP contribution in [0.3, 0.4) is 0 Å². The van der Waals surface area contributed by atoms with Gasteiger partial charge in [-0.15, -0.1) is 0 Å². The zero-order chi connectivity index (χ0) is 19.6. The summed E-state index contributed by atoms with van der Waals surface area (Å²) in [6.07, 6.45) is 1.53. The lowest BCUT2D eigenvalue weighted by molar-refractivity contribution is -0.384. The van der Waals surface area contributed by atoms with Gasteiger partial charge in [0, 0.05) is 17.7 Å². The fourth-order valence-electron chi connectivity index (χ4n) is 2.20. The average Bonchev–Trinajstić information content (AvgIpc) is 2.91. The lowest BCUT2D eigenvalue weighted by Crippen LogP contribution is -2.44. The van der Waals surface area contributed by atoms with Crippen LogP contribution in [0.15, 0.2) is 53.4 Å². The molecule has 1 aliphatic rings. The maximum absolute atomic E-state index is 13.0. The van der Waals surface area contributed by atoms with Gasteiger partial charge in [0.05, 0.1) is 9.83 Å². The molecule has 1 fully saturated rings. The third kappa shape index (κ3) is 4.18. The number of amides is 2. The molecular weight excluding hydrogens is 393 g/mol. The summed E-state index contributed by atoms with van der Waals surface area (Å²) in [5, 5.41) is 11.7. The molecule has 7 nitrogen and oxygen atoms in total. The molecule has 0 aromatic heterocycles. The Morgan fingerprint density at radius 3 is 2.63 bits per heavy atom. The summed E-state index contributed by atoms with van der Waals surface area (Å²) < 4.78 is 13.1. The van der Waals surface area contributed by atoms with Crippen molar-refractivity contribution >= 4 is 51.9 Å². The number of non-ortho nitro benzene ring substituents is 1. The molecule has 0 aliphatic carbocycles. The molecule has 0 bridgehead atoms. The van der Waals surface area contributed by atoms with Gasteiger partial charge in [-0.3, -0.25) is 25.1 Å². The van der Waals surface area contributed by atoms with Crippen LogP contribution in [0.4, 0.5) is 10.1 Å². The summed E-state index contributed by atoms with van der Waals surface area (Å²) in [5.41, 5.74) is 2.71. The van der Waals surface area contributed by atoms with Crippen molar-refractivity contribution in [3.05, 3.63) is 80.5 Å². The third-order valence-corrected chi connectivity index (χ3v) is 4.80. The van der Waals surface area contributed by atoms with Crippen molar-refractivity contribution in [1.29, 1.82) is 0 Å². The van der Waals surface area contributed by atoms with Crippen LogP contribution < -0.4 is 5.43 Å². The minimum atomic E-state index is -0.710. The first-order valence-electron chi connectivity index (χ1n) is 7.44. The maximum atomic E-state index is 13.0. The predicted octanol–water partition coefficient (Wildman–Crippen LogP) is 3.28. The number of benzene rings is 2. The van der Waals surface area contributed by atoms with Crippen molar-refractivity contribution in [2.24, 2.45) is 0 Å². The summed E-state index contributed by atoms with van der Waals surface area (Å²) >= 11 is 6.09. The van der Waals surface area contributed by atoms with Crippen LogP contribution in [-0.2, 0) is 4.79 Å². The maximum Gasteiger partial charge on any atom is 0.285 e. The highest BCUT2D eigenvalue weighted by Crippen LogP contribution is 2.31. The van der Waals surface area contributed by atoms with Crippen molar-refractivity contribution < 1.29 is 18.9 Å². The van der Waals surface area contributed by atoms with Gasteiger partial charge in [0.25, 0.3) is 17.5 Å². The van der Waals surface area contributed by atoms with Crippen molar-refractivity contribution in [3.63, 3.8) is 0 Å². The predicted molar refractivity (Wildman–Crippen MR) is 102 cm³/mol. The molecule has 10 heteroatoms. The summed E-state index contributed by atoms with van der Waals surface area (Å²) in [4.78, 5) is 35.2. The molecule has 1 heterocycles. The van der Waals surface area contributed by atoms with E-state index in [4.69, 9.17) is 12.2 Å². The van der Waals surface area contributed by atoms with Crippen LogP contribution in [0.5, 0.6) is 0 Å². The fraction of sp³-hybridized carbons (Fsp3) is 0. The molecule has 1 N–H and O–H groups in total. The lowest BCUT2D eigenvalue weighted by Gasteiger charge is -2.15. The van der Waals surface area contributed by atoms with Gasteiger partial charge >= 0.3 is 0 Å². The molecule has 1 saturated heterocycles. The van der Waals surface area contributed by atoms with Gasteiger partial charge in [-0.25, -0.2) is 4.39 Å². The zero-order valence-electron chi connectivity index (χ0n) is 13.4. The number of hydrazine groups is 1. The topological polar surface area (TPSA) is 92.6 Å². The SMILES string of the molecule is O=C(NN1C(=O)/C(=C/c2ccc(F)cc2)SC1=S)c1cccc([N+](=O)[O-])c1. The van der Waals surface area contributed by atoms with Crippen molar-refractivity contribution in [3.8, 4) is 0 Å². The molecule has 0 spiro atoms. The minimum Gasteiger partial charge on any atom is -0.267 e. The van der Waals surface area contributed by atoms with E-state index in [0.29, 0.717) is 5.56 Å². The van der Waals surface area contributed by atoms with Gasteiger partial charge in [0.2, 0.25) is 0 Å². The number of hydrogen-bond donors (Lipinski definition) is 1. The highest BCUT2D eigenvalue weighted by atomic mass is 32.2. The van der Waals surface area contributed by atoms with E-state index in [1.54, 1.807) is 0 Å². The molecule has 2 aromatic carbocycles. The monoisotopic (exact) mass is 403 g/mol. The van der Waals surface area contributed by atoms with E-state index in [9.17, 15) is 24.1 Å². The largest absolute Gasteiger partial charge is 0.285 e. The molecule has 0 unspecified atom stereocenters. The van der Waals surface area contributed by atoms with Gasteiger partial charge in [0.15, 0.2) is 4.32 Å². The van der Waals surface area contributed by atoms with E-state index in [1.165, 1.54) is 48.5 Å². The molecule has 1 aliphatic heterocycles. The van der Waals surface area contributed by atoms with Crippen LogP contribution in [-0.4, -0.2) is 26.1 Å². The zero-order valence-corrected chi connectivity index (χ0v) is 15.1. The lowest BCUT2D eigenvalue weighted by atomic mass is 10.2. The normalized spacial score (nSPS) is 15.3. The second-order valence-electron chi connectivity index (χ2n) is 5.32. The van der Waals surface area contributed by atoms with E-state index in [1.807, 2.05) is 0 Å². The quantitative estimate of drug-likeness (QED) is 0.365. The van der Waals surface area contributed by atoms with Crippen LogP contribution >= 0.6 is 24.0 Å². The fourth-order valence-corrected chi connectivity index (χ4v) is 3.38. The van der Waals surface area contributed by atoms with E-state index >= 15 is 0 Å². The molecule has 27 heavy (non-hydrogen) atoms. The summed E-state index contributed by atoms with van der Waals surface area (Å²) in [7, 11) is 0. The first kappa shape index (κ1) is 18.7. The van der Waals surface area contributed by atoms with Crippen molar-refractivity contribution in [2.45, 2.75) is 0 Å². The number of carbonyl (C=O) groups is 2. The molecule has 136 valence electrons. The number of rotatable bonds is 4. The second-order valence-corrected chi connectivity index (χ2v) is 6.99. The van der Waals surface area contributed by atoms with Gasteiger partial charge in [-0.1, -0.05) is 30.0 Å². The van der Waals surface area contributed by atoms with E-state index in [2.05, 4.69) is 5.43 Å². The van der Waals surface area contributed by atoms with E-state index in [-0.39, 0.29) is 20.5 Å². The number of thioether (sulfide) groups is 1. The number of nitrogens with one attached hydrogen (secondary N) is 1. The number of nitro benzene ring substituents is 1. The van der Waals surface area contributed by atoms with Gasteiger partial charge in [-0.05, 0) is 42.1 Å². The number of hydrogen-bond acceptors (Lipinski definition) is 6. The minimum absolute atomic E-state index is 0.0146. The molecule has 2 amide bonds. The molecule has 0 radical (unpaired) electrons. The highest BCUT2D eigenvalue weighted by Gasteiger charge is 2.33. The molecule has 0 atom stereocenters. The molecule has 0 saturated carbocycles. The first-order chi connectivity index (χ1) is 12.8. The van der Waals surface area contributed by atoms with Crippen molar-refractivity contribution in [1.82, 2.24) is 10.4 Å². The number of nitro groups is 1. The van der Waals surface area contributed by atoms with Gasteiger partial charge in [0.1, 0.15) is 5.82 Å². The number of thiocarbonyl (C=S) groups is 1. The second kappa shape index (κ2) is 7.64. The standard InChI is InChI=1S/C17H10FN3O4S2/c18-12-6-4-10(5-7-12)8-14-16(23)20(17(26)27-14)19-15(22)11-2-1-3-13(9-11)21(24)25/h1-9H,(H,19,22)/b14-8-. The summed E-state index contributed by atoms with van der Waals surface area (Å²) in [5.74, 6) is -1.66. The Morgan fingerprint density at radius 1 is 1.26 bits per heavy atom. The Hall–Kier alpha value is -3.11. The van der Waals surface area contributed by atoms with Gasteiger partial charge in [-0.2, -0.15) is 5.01 Å². The molecule has 3 rings (SSSR count). The van der Waals surface area contributed by atoms with E-state index in [0.717, 1.165) is 22.8 Å². The van der Waals surface area contributed by atoms with Crippen molar-refractivity contribution in [2.75, 3.05) is 0 Å². The van der Waals surface area contributed by atoms with Gasteiger partial charge < -0.3 is 0 Å². The smallest absolute Gasteiger partial charge is 0.267 e. The Balaban J connectivity index is 1.77. The third-order valence-electron chi connectivity index (χ3n) is 3.49. The average molecular weight is 403 g/mol. The Kier molecular flexibility index (Phi) is 5.28. The van der Waals surface area contributed by atoms with E-state index < -0.39 is 22.6 Å². The summed E-state index contributed by atoms with van der Waals surface area (Å²) in [6.45, 7) is 0. The Bertz CT molecular complexity index is 992. The number of carbonyl (C=O) groups excluding carboxylic acids is 2. The van der Waals surface area contributed by atoms with Crippen LogP contribution in [0.1, 0.15) is 15.9 Å². The molecule has 2 aromatic rings. The Labute approximate surface area is 162 Å². The first-order valence-corrected chi connectivity index (χ1v) is 8.66. The number of nitrogens with zero attached hydrogens (tertiary/aromatic N) is 2. The van der Waals surface area contributed by atoms with Crippen LogP contribution in [0, 0.1) is 15.9 Å². The highest BCUT2D eigenvalue weighted by molar-refractivity contribution is 8.26.